The molecule has 0 radical (unpaired) electrons. The first-order valence-corrected chi connectivity index (χ1v) is 7.08. The fraction of sp³-hybridized carbons (Fsp3) is 0.625. The molecule has 0 aliphatic heterocycles. The van der Waals surface area contributed by atoms with E-state index in [9.17, 15) is 0 Å². The average molecular weight is 233 g/mol. The highest BCUT2D eigenvalue weighted by Gasteiger charge is 2.08. The third kappa shape index (κ3) is 5.36. The Morgan fingerprint density at radius 2 is 1.65 bits per heavy atom. The quantitative estimate of drug-likeness (QED) is 0.720. The Bertz CT molecular complexity index is 289. The van der Waals surface area contributed by atoms with Crippen molar-refractivity contribution in [1.29, 1.82) is 0 Å². The maximum Gasteiger partial charge on any atom is -0.00175 e. The van der Waals surface area contributed by atoms with Crippen molar-refractivity contribution in [2.24, 2.45) is 5.92 Å². The fourth-order valence-corrected chi connectivity index (χ4v) is 2.28. The normalized spacial score (nSPS) is 12.6. The summed E-state index contributed by atoms with van der Waals surface area (Å²) in [5.74, 6) is 0.785. The van der Waals surface area contributed by atoms with E-state index in [1.165, 1.54) is 30.4 Å². The number of benzene rings is 1. The van der Waals surface area contributed by atoms with Gasteiger partial charge in [0.2, 0.25) is 0 Å². The summed E-state index contributed by atoms with van der Waals surface area (Å²) >= 11 is 0. The van der Waals surface area contributed by atoms with Gasteiger partial charge in [0.1, 0.15) is 0 Å². The zero-order valence-corrected chi connectivity index (χ0v) is 11.6. The van der Waals surface area contributed by atoms with Crippen LogP contribution in [0.2, 0.25) is 0 Å². The van der Waals surface area contributed by atoms with Crippen LogP contribution in [0, 0.1) is 5.92 Å². The lowest BCUT2D eigenvalue weighted by molar-refractivity contribution is 0.444. The topological polar surface area (TPSA) is 12.0 Å². The summed E-state index contributed by atoms with van der Waals surface area (Å²) in [5.41, 5.74) is 2.92. The van der Waals surface area contributed by atoms with Gasteiger partial charge in [-0.25, -0.2) is 0 Å². The molecule has 0 aromatic heterocycles. The molecule has 0 aliphatic carbocycles. The van der Waals surface area contributed by atoms with Crippen LogP contribution in [0.1, 0.15) is 44.7 Å². The molecule has 1 atom stereocenters. The molecular formula is C16H27N. The molecule has 1 nitrogen and oxygen atoms in total. The first-order chi connectivity index (χ1) is 8.30. The molecule has 1 heteroatoms. The second-order valence-corrected chi connectivity index (χ2v) is 4.84. The van der Waals surface area contributed by atoms with Crippen molar-refractivity contribution >= 4 is 0 Å². The van der Waals surface area contributed by atoms with Crippen molar-refractivity contribution in [3.05, 3.63) is 35.4 Å². The van der Waals surface area contributed by atoms with Gasteiger partial charge >= 0.3 is 0 Å². The van der Waals surface area contributed by atoms with Gasteiger partial charge in [-0.3, -0.25) is 0 Å². The zero-order valence-electron chi connectivity index (χ0n) is 11.6. The predicted octanol–water partition coefficient (Wildman–Crippen LogP) is 3.82. The van der Waals surface area contributed by atoms with E-state index in [2.05, 4.69) is 50.4 Å². The highest BCUT2D eigenvalue weighted by molar-refractivity contribution is 5.22. The lowest BCUT2D eigenvalue weighted by atomic mass is 9.94. The number of nitrogens with one attached hydrogen (secondary N) is 1. The van der Waals surface area contributed by atoms with E-state index in [4.69, 9.17) is 0 Å². The molecule has 17 heavy (non-hydrogen) atoms. The Kier molecular flexibility index (Phi) is 6.95. The minimum absolute atomic E-state index is 0.785. The SMILES string of the molecule is CCCC(CNCC)Cc1ccc(CC)cc1. The monoisotopic (exact) mass is 233 g/mol. The minimum Gasteiger partial charge on any atom is -0.317 e. The molecular weight excluding hydrogens is 206 g/mol. The van der Waals surface area contributed by atoms with Crippen molar-refractivity contribution in [3.8, 4) is 0 Å². The number of hydrogen-bond acceptors (Lipinski definition) is 1. The van der Waals surface area contributed by atoms with Gasteiger partial charge < -0.3 is 5.32 Å². The molecule has 0 heterocycles. The molecule has 1 rings (SSSR count). The van der Waals surface area contributed by atoms with Crippen LogP contribution in [-0.4, -0.2) is 13.1 Å². The Balaban J connectivity index is 2.51. The van der Waals surface area contributed by atoms with E-state index in [0.29, 0.717) is 0 Å². The van der Waals surface area contributed by atoms with E-state index in [1.54, 1.807) is 0 Å². The van der Waals surface area contributed by atoms with E-state index in [-0.39, 0.29) is 0 Å². The summed E-state index contributed by atoms with van der Waals surface area (Å²) in [6, 6.07) is 9.14. The van der Waals surface area contributed by atoms with Crippen molar-refractivity contribution in [2.45, 2.75) is 46.5 Å². The lowest BCUT2D eigenvalue weighted by Gasteiger charge is -2.16. The highest BCUT2D eigenvalue weighted by Crippen LogP contribution is 2.14. The van der Waals surface area contributed by atoms with Crippen LogP contribution < -0.4 is 5.32 Å². The van der Waals surface area contributed by atoms with Crippen LogP contribution >= 0.6 is 0 Å². The van der Waals surface area contributed by atoms with E-state index in [1.807, 2.05) is 0 Å². The Hall–Kier alpha value is -0.820. The van der Waals surface area contributed by atoms with Crippen LogP contribution in [0.5, 0.6) is 0 Å². The summed E-state index contributed by atoms with van der Waals surface area (Å²) < 4.78 is 0. The molecule has 1 N–H and O–H groups in total. The summed E-state index contributed by atoms with van der Waals surface area (Å²) in [4.78, 5) is 0. The third-order valence-corrected chi connectivity index (χ3v) is 3.34. The van der Waals surface area contributed by atoms with Gasteiger partial charge in [0, 0.05) is 0 Å². The van der Waals surface area contributed by atoms with Gasteiger partial charge in [-0.15, -0.1) is 0 Å². The second-order valence-electron chi connectivity index (χ2n) is 4.84. The average Bonchev–Trinajstić information content (AvgIpc) is 2.37. The first-order valence-electron chi connectivity index (χ1n) is 7.08. The number of hydrogen-bond donors (Lipinski definition) is 1. The molecule has 0 fully saturated rings. The number of aryl methyl sites for hydroxylation is 1. The number of rotatable bonds is 8. The molecule has 0 bridgehead atoms. The maximum atomic E-state index is 3.48. The Morgan fingerprint density at radius 3 is 2.18 bits per heavy atom. The second kappa shape index (κ2) is 8.30. The standard InChI is InChI=1S/C16H27N/c1-4-7-16(13-17-6-3)12-15-10-8-14(5-2)9-11-15/h8-11,16-17H,4-7,12-13H2,1-3H3. The smallest absolute Gasteiger partial charge is 0.00175 e. The van der Waals surface area contributed by atoms with Crippen molar-refractivity contribution in [1.82, 2.24) is 5.32 Å². The van der Waals surface area contributed by atoms with Gasteiger partial charge in [-0.2, -0.15) is 0 Å². The molecule has 0 saturated heterocycles. The van der Waals surface area contributed by atoms with Crippen LogP contribution in [0.3, 0.4) is 0 Å². The van der Waals surface area contributed by atoms with Crippen molar-refractivity contribution in [3.63, 3.8) is 0 Å². The lowest BCUT2D eigenvalue weighted by Crippen LogP contribution is -2.24. The van der Waals surface area contributed by atoms with Gasteiger partial charge in [0.25, 0.3) is 0 Å². The predicted molar refractivity (Wildman–Crippen MR) is 76.5 cm³/mol. The highest BCUT2D eigenvalue weighted by atomic mass is 14.8. The van der Waals surface area contributed by atoms with E-state index < -0.39 is 0 Å². The maximum absolute atomic E-state index is 3.48. The van der Waals surface area contributed by atoms with Crippen LogP contribution in [0.4, 0.5) is 0 Å². The molecule has 1 unspecified atom stereocenters. The van der Waals surface area contributed by atoms with E-state index >= 15 is 0 Å². The molecule has 0 spiro atoms. The summed E-state index contributed by atoms with van der Waals surface area (Å²) in [6.07, 6.45) is 4.95. The van der Waals surface area contributed by atoms with Gasteiger partial charge in [-0.05, 0) is 49.4 Å². The van der Waals surface area contributed by atoms with Crippen molar-refractivity contribution in [2.75, 3.05) is 13.1 Å². The largest absolute Gasteiger partial charge is 0.317 e. The van der Waals surface area contributed by atoms with Crippen LogP contribution in [0.25, 0.3) is 0 Å². The van der Waals surface area contributed by atoms with Crippen LogP contribution in [0.15, 0.2) is 24.3 Å². The van der Waals surface area contributed by atoms with Gasteiger partial charge in [0.15, 0.2) is 0 Å². The molecule has 0 saturated carbocycles. The summed E-state index contributed by atoms with van der Waals surface area (Å²) in [6.45, 7) is 8.90. The molecule has 96 valence electrons. The molecule has 0 amide bonds. The van der Waals surface area contributed by atoms with Gasteiger partial charge in [0.05, 0.1) is 0 Å². The Labute approximate surface area is 107 Å². The van der Waals surface area contributed by atoms with Gasteiger partial charge in [-0.1, -0.05) is 51.5 Å². The summed E-state index contributed by atoms with van der Waals surface area (Å²) in [5, 5.41) is 3.48. The molecule has 1 aromatic carbocycles. The Morgan fingerprint density at radius 1 is 1.00 bits per heavy atom. The molecule has 0 aliphatic rings. The first kappa shape index (κ1) is 14.2. The van der Waals surface area contributed by atoms with Crippen molar-refractivity contribution < 1.29 is 0 Å². The molecule has 1 aromatic rings. The minimum atomic E-state index is 0.785. The fourth-order valence-electron chi connectivity index (χ4n) is 2.28. The third-order valence-electron chi connectivity index (χ3n) is 3.34. The van der Waals surface area contributed by atoms with E-state index in [0.717, 1.165) is 25.4 Å². The zero-order chi connectivity index (χ0) is 12.5. The summed E-state index contributed by atoms with van der Waals surface area (Å²) in [7, 11) is 0. The van der Waals surface area contributed by atoms with Crippen LogP contribution in [-0.2, 0) is 12.8 Å².